The van der Waals surface area contributed by atoms with Crippen LogP contribution >= 0.6 is 0 Å². The summed E-state index contributed by atoms with van der Waals surface area (Å²) in [6, 6.07) is 10.2. The Morgan fingerprint density at radius 2 is 0.967 bits per heavy atom. The molecule has 0 aliphatic heterocycles. The first-order valence-corrected chi connectivity index (χ1v) is 13.2. The predicted octanol–water partition coefficient (Wildman–Crippen LogP) is 7.67. The van der Waals surface area contributed by atoms with Crippen LogP contribution in [0.25, 0.3) is 0 Å². The Bertz CT molecular complexity index is 552. The fraction of sp³-hybridized carbons (Fsp3) is 0.750. The number of hydrogen-bond donors (Lipinski definition) is 2. The predicted molar refractivity (Wildman–Crippen MR) is 126 cm³/mol. The Kier molecular flexibility index (Phi) is 20.4. The molecule has 1 aromatic rings. The highest BCUT2D eigenvalue weighted by atomic mass is 32.3. The first-order chi connectivity index (χ1) is 14.4. The standard InChI is InChI=1S/C24H42O.H2O4S/c1-2-3-4-5-6-7-8-9-10-11-12-13-14-15-16-20-23-25-24-21-18-17-19-22-24;1-5(2,3)4/h17-19,21-22H,2-16,20,23H2,1H3;(H2,1,2,3,4). The van der Waals surface area contributed by atoms with Crippen molar-refractivity contribution in [3.63, 3.8) is 0 Å². The zero-order valence-electron chi connectivity index (χ0n) is 18.9. The Morgan fingerprint density at radius 3 is 1.33 bits per heavy atom. The van der Waals surface area contributed by atoms with Gasteiger partial charge in [0, 0.05) is 0 Å². The molecule has 2 N–H and O–H groups in total. The zero-order valence-corrected chi connectivity index (χ0v) is 19.8. The van der Waals surface area contributed by atoms with Crippen molar-refractivity contribution >= 4 is 10.4 Å². The van der Waals surface area contributed by atoms with Gasteiger partial charge in [-0.1, -0.05) is 121 Å². The summed E-state index contributed by atoms with van der Waals surface area (Å²) in [6.07, 6.45) is 22.6. The molecule has 0 radical (unpaired) electrons. The lowest BCUT2D eigenvalue weighted by Crippen LogP contribution is -1.96. The molecule has 0 aromatic heterocycles. The summed E-state index contributed by atoms with van der Waals surface area (Å²) < 4.78 is 37.3. The molecule has 0 heterocycles. The quantitative estimate of drug-likeness (QED) is 0.179. The second-order valence-corrected chi connectivity index (χ2v) is 8.81. The van der Waals surface area contributed by atoms with E-state index in [4.69, 9.17) is 22.3 Å². The largest absolute Gasteiger partial charge is 0.494 e. The molecule has 0 aliphatic rings. The molecule has 30 heavy (non-hydrogen) atoms. The van der Waals surface area contributed by atoms with E-state index in [9.17, 15) is 0 Å². The van der Waals surface area contributed by atoms with E-state index in [-0.39, 0.29) is 0 Å². The van der Waals surface area contributed by atoms with Crippen LogP contribution < -0.4 is 4.74 Å². The molecule has 0 amide bonds. The molecule has 0 bridgehead atoms. The highest BCUT2D eigenvalue weighted by molar-refractivity contribution is 7.79. The van der Waals surface area contributed by atoms with E-state index in [1.54, 1.807) is 0 Å². The second-order valence-electron chi connectivity index (χ2n) is 7.91. The van der Waals surface area contributed by atoms with Crippen molar-refractivity contribution in [2.24, 2.45) is 0 Å². The van der Waals surface area contributed by atoms with Crippen LogP contribution in [0.4, 0.5) is 0 Å². The van der Waals surface area contributed by atoms with Crippen LogP contribution in [-0.2, 0) is 10.4 Å². The van der Waals surface area contributed by atoms with E-state index >= 15 is 0 Å². The van der Waals surface area contributed by atoms with Crippen molar-refractivity contribution in [2.75, 3.05) is 6.61 Å². The summed E-state index contributed by atoms with van der Waals surface area (Å²) in [6.45, 7) is 3.16. The van der Waals surface area contributed by atoms with Crippen LogP contribution in [-0.4, -0.2) is 24.1 Å². The van der Waals surface area contributed by atoms with Crippen LogP contribution in [0.15, 0.2) is 30.3 Å². The summed E-state index contributed by atoms with van der Waals surface area (Å²) in [7, 11) is -4.67. The van der Waals surface area contributed by atoms with Crippen LogP contribution in [0.5, 0.6) is 5.75 Å². The van der Waals surface area contributed by atoms with Crippen molar-refractivity contribution < 1.29 is 22.3 Å². The number of hydrogen-bond acceptors (Lipinski definition) is 3. The van der Waals surface area contributed by atoms with E-state index in [0.29, 0.717) is 0 Å². The number of para-hydroxylation sites is 1. The Morgan fingerprint density at radius 1 is 0.633 bits per heavy atom. The molecular formula is C24H44O5S. The Labute approximate surface area is 185 Å². The fourth-order valence-electron chi connectivity index (χ4n) is 3.36. The van der Waals surface area contributed by atoms with Gasteiger partial charge in [0.05, 0.1) is 6.61 Å². The average Bonchev–Trinajstić information content (AvgIpc) is 2.70. The molecule has 6 heteroatoms. The second kappa shape index (κ2) is 21.1. The van der Waals surface area contributed by atoms with Crippen molar-refractivity contribution in [2.45, 2.75) is 110 Å². The van der Waals surface area contributed by atoms with Gasteiger partial charge in [-0.15, -0.1) is 0 Å². The Balaban J connectivity index is 0.00000150. The highest BCUT2D eigenvalue weighted by Crippen LogP contribution is 2.14. The third-order valence-corrected chi connectivity index (χ3v) is 5.01. The molecule has 1 aromatic carbocycles. The van der Waals surface area contributed by atoms with Gasteiger partial charge in [-0.05, 0) is 18.6 Å². The molecule has 0 spiro atoms. The molecule has 5 nitrogen and oxygen atoms in total. The van der Waals surface area contributed by atoms with Gasteiger partial charge < -0.3 is 4.74 Å². The van der Waals surface area contributed by atoms with Gasteiger partial charge in [-0.25, -0.2) is 0 Å². The molecular weight excluding hydrogens is 400 g/mol. The molecule has 0 fully saturated rings. The van der Waals surface area contributed by atoms with E-state index in [1.165, 1.54) is 103 Å². The maximum atomic E-state index is 8.74. The summed E-state index contributed by atoms with van der Waals surface area (Å²) in [4.78, 5) is 0. The maximum Gasteiger partial charge on any atom is 0.394 e. The van der Waals surface area contributed by atoms with Gasteiger partial charge in [0.15, 0.2) is 0 Å². The fourth-order valence-corrected chi connectivity index (χ4v) is 3.36. The van der Waals surface area contributed by atoms with Crippen LogP contribution in [0.3, 0.4) is 0 Å². The van der Waals surface area contributed by atoms with Gasteiger partial charge in [0.25, 0.3) is 0 Å². The highest BCUT2D eigenvalue weighted by Gasteiger charge is 1.95. The van der Waals surface area contributed by atoms with Crippen molar-refractivity contribution in [1.82, 2.24) is 0 Å². The summed E-state index contributed by atoms with van der Waals surface area (Å²) >= 11 is 0. The first kappa shape index (κ1) is 28.9. The van der Waals surface area contributed by atoms with Crippen LogP contribution in [0.2, 0.25) is 0 Å². The van der Waals surface area contributed by atoms with Gasteiger partial charge in [0.1, 0.15) is 5.75 Å². The molecule has 0 saturated carbocycles. The minimum Gasteiger partial charge on any atom is -0.494 e. The van der Waals surface area contributed by atoms with Gasteiger partial charge in [-0.3, -0.25) is 9.11 Å². The number of benzene rings is 1. The monoisotopic (exact) mass is 444 g/mol. The topological polar surface area (TPSA) is 83.8 Å². The lowest BCUT2D eigenvalue weighted by molar-refractivity contribution is 0.304. The SMILES string of the molecule is CCCCCCCCCCCCCCCCCCOc1ccccc1.O=S(=O)(O)O. The van der Waals surface area contributed by atoms with E-state index < -0.39 is 10.4 Å². The minimum atomic E-state index is -4.67. The number of rotatable bonds is 18. The van der Waals surface area contributed by atoms with E-state index in [2.05, 4.69) is 6.92 Å². The average molecular weight is 445 g/mol. The van der Waals surface area contributed by atoms with E-state index in [1.807, 2.05) is 30.3 Å². The minimum absolute atomic E-state index is 0.864. The summed E-state index contributed by atoms with van der Waals surface area (Å²) in [5, 5.41) is 0. The lowest BCUT2D eigenvalue weighted by atomic mass is 10.0. The normalized spacial score (nSPS) is 11.0. The number of ether oxygens (including phenoxy) is 1. The summed E-state index contributed by atoms with van der Waals surface area (Å²) in [5.41, 5.74) is 0. The van der Waals surface area contributed by atoms with Crippen molar-refractivity contribution in [3.8, 4) is 5.75 Å². The van der Waals surface area contributed by atoms with E-state index in [0.717, 1.165) is 12.4 Å². The summed E-state index contributed by atoms with van der Waals surface area (Å²) in [5.74, 6) is 1.00. The van der Waals surface area contributed by atoms with Crippen molar-refractivity contribution in [3.05, 3.63) is 30.3 Å². The Hall–Kier alpha value is -1.11. The van der Waals surface area contributed by atoms with Crippen LogP contribution in [0, 0.1) is 0 Å². The molecule has 0 atom stereocenters. The third-order valence-electron chi connectivity index (χ3n) is 5.01. The van der Waals surface area contributed by atoms with Gasteiger partial charge >= 0.3 is 10.4 Å². The number of unbranched alkanes of at least 4 members (excludes halogenated alkanes) is 15. The first-order valence-electron chi connectivity index (χ1n) is 11.8. The van der Waals surface area contributed by atoms with Crippen molar-refractivity contribution in [1.29, 1.82) is 0 Å². The maximum absolute atomic E-state index is 8.74. The smallest absolute Gasteiger partial charge is 0.394 e. The van der Waals surface area contributed by atoms with Crippen LogP contribution in [0.1, 0.15) is 110 Å². The molecule has 176 valence electrons. The van der Waals surface area contributed by atoms with Gasteiger partial charge in [0.2, 0.25) is 0 Å². The molecule has 0 unspecified atom stereocenters. The molecule has 1 rings (SSSR count). The lowest BCUT2D eigenvalue weighted by Gasteiger charge is -2.06. The molecule has 0 aliphatic carbocycles. The zero-order chi connectivity index (χ0) is 22.3. The van der Waals surface area contributed by atoms with Gasteiger partial charge in [-0.2, -0.15) is 8.42 Å². The third kappa shape index (κ3) is 26.9. The molecule has 0 saturated heterocycles.